The van der Waals surface area contributed by atoms with Crippen LogP contribution in [0.15, 0.2) is 24.3 Å². The fourth-order valence-electron chi connectivity index (χ4n) is 1.74. The minimum Gasteiger partial charge on any atom is -0.491 e. The smallest absolute Gasteiger partial charge is 0.223 e. The van der Waals surface area contributed by atoms with Crippen molar-refractivity contribution >= 4 is 11.6 Å². The highest BCUT2D eigenvalue weighted by Gasteiger charge is 2.08. The monoisotopic (exact) mass is 279 g/mol. The molecule has 112 valence electrons. The normalized spacial score (nSPS) is 12.2. The van der Waals surface area contributed by atoms with Crippen LogP contribution in [-0.4, -0.2) is 44.1 Å². The zero-order chi connectivity index (χ0) is 15.0. The molecule has 3 N–H and O–H groups in total. The number of nitrogen functional groups attached to an aromatic ring is 1. The van der Waals surface area contributed by atoms with E-state index in [0.29, 0.717) is 24.5 Å². The van der Waals surface area contributed by atoms with Gasteiger partial charge in [-0.05, 0) is 46.1 Å². The van der Waals surface area contributed by atoms with E-state index < -0.39 is 0 Å². The summed E-state index contributed by atoms with van der Waals surface area (Å²) in [6.07, 6.45) is 1.27. The van der Waals surface area contributed by atoms with Crippen molar-refractivity contribution in [2.45, 2.75) is 25.8 Å². The highest BCUT2D eigenvalue weighted by molar-refractivity contribution is 5.76. The Kier molecular flexibility index (Phi) is 6.87. The molecular weight excluding hydrogens is 254 g/mol. The van der Waals surface area contributed by atoms with E-state index in [9.17, 15) is 4.79 Å². The van der Waals surface area contributed by atoms with Gasteiger partial charge in [-0.25, -0.2) is 0 Å². The number of nitrogens with two attached hydrogens (primary N) is 1. The van der Waals surface area contributed by atoms with E-state index in [1.54, 1.807) is 12.1 Å². The summed E-state index contributed by atoms with van der Waals surface area (Å²) in [6, 6.07) is 7.45. The number of nitrogens with zero attached hydrogens (tertiary/aromatic N) is 1. The van der Waals surface area contributed by atoms with Gasteiger partial charge in [-0.3, -0.25) is 4.79 Å². The molecule has 1 atom stereocenters. The SMILES string of the molecule is CC(CCN(C)C)NC(=O)CCOc1ccccc1N. The molecule has 5 nitrogen and oxygen atoms in total. The number of carbonyl (C=O) groups excluding carboxylic acids is 1. The largest absolute Gasteiger partial charge is 0.491 e. The number of carbonyl (C=O) groups is 1. The average Bonchev–Trinajstić information content (AvgIpc) is 2.38. The van der Waals surface area contributed by atoms with E-state index in [1.165, 1.54) is 0 Å². The fourth-order valence-corrected chi connectivity index (χ4v) is 1.74. The summed E-state index contributed by atoms with van der Waals surface area (Å²) in [5, 5.41) is 2.96. The van der Waals surface area contributed by atoms with Gasteiger partial charge in [0.25, 0.3) is 0 Å². The third kappa shape index (κ3) is 6.43. The van der Waals surface area contributed by atoms with Gasteiger partial charge in [0.2, 0.25) is 5.91 Å². The van der Waals surface area contributed by atoms with Crippen molar-refractivity contribution in [3.05, 3.63) is 24.3 Å². The molecule has 0 aromatic heterocycles. The molecule has 0 bridgehead atoms. The molecule has 0 aliphatic heterocycles. The Morgan fingerprint density at radius 1 is 1.40 bits per heavy atom. The van der Waals surface area contributed by atoms with Crippen LogP contribution in [0.25, 0.3) is 0 Å². The van der Waals surface area contributed by atoms with E-state index in [2.05, 4.69) is 10.2 Å². The maximum Gasteiger partial charge on any atom is 0.223 e. The number of benzene rings is 1. The van der Waals surface area contributed by atoms with Crippen molar-refractivity contribution in [3.63, 3.8) is 0 Å². The molecule has 0 saturated carbocycles. The molecule has 5 heteroatoms. The van der Waals surface area contributed by atoms with Crippen molar-refractivity contribution in [3.8, 4) is 5.75 Å². The molecule has 1 unspecified atom stereocenters. The van der Waals surface area contributed by atoms with Crippen LogP contribution >= 0.6 is 0 Å². The summed E-state index contributed by atoms with van der Waals surface area (Å²) in [5.74, 6) is 0.631. The van der Waals surface area contributed by atoms with Crippen LogP contribution in [0.2, 0.25) is 0 Å². The third-order valence-electron chi connectivity index (χ3n) is 2.92. The quantitative estimate of drug-likeness (QED) is 0.708. The molecular formula is C15H25N3O2. The standard InChI is InChI=1S/C15H25N3O2/c1-12(8-10-18(2)3)17-15(19)9-11-20-14-7-5-4-6-13(14)16/h4-7,12H,8-11,16H2,1-3H3,(H,17,19). The first-order valence-corrected chi connectivity index (χ1v) is 6.90. The van der Waals surface area contributed by atoms with E-state index in [1.807, 2.05) is 33.2 Å². The predicted molar refractivity (Wildman–Crippen MR) is 81.7 cm³/mol. The van der Waals surface area contributed by atoms with Crippen molar-refractivity contribution < 1.29 is 9.53 Å². The second kappa shape index (κ2) is 8.43. The average molecular weight is 279 g/mol. The molecule has 1 rings (SSSR count). The number of para-hydroxylation sites is 2. The molecule has 0 aliphatic rings. The maximum atomic E-state index is 11.7. The molecule has 1 aromatic rings. The van der Waals surface area contributed by atoms with Gasteiger partial charge in [0.05, 0.1) is 18.7 Å². The fraction of sp³-hybridized carbons (Fsp3) is 0.533. The van der Waals surface area contributed by atoms with Crippen LogP contribution in [-0.2, 0) is 4.79 Å². The summed E-state index contributed by atoms with van der Waals surface area (Å²) in [4.78, 5) is 13.8. The molecule has 1 amide bonds. The number of ether oxygens (including phenoxy) is 1. The van der Waals surface area contributed by atoms with Crippen LogP contribution in [0.5, 0.6) is 5.75 Å². The summed E-state index contributed by atoms with van der Waals surface area (Å²) < 4.78 is 5.49. The summed E-state index contributed by atoms with van der Waals surface area (Å²) >= 11 is 0. The van der Waals surface area contributed by atoms with Crippen LogP contribution in [0, 0.1) is 0 Å². The topological polar surface area (TPSA) is 67.6 Å². The Morgan fingerprint density at radius 3 is 2.75 bits per heavy atom. The van der Waals surface area contributed by atoms with Crippen LogP contribution in [0.3, 0.4) is 0 Å². The summed E-state index contributed by atoms with van der Waals surface area (Å²) in [6.45, 7) is 3.30. The molecule has 0 aliphatic carbocycles. The number of nitrogens with one attached hydrogen (secondary N) is 1. The van der Waals surface area contributed by atoms with Gasteiger partial charge in [-0.15, -0.1) is 0 Å². The zero-order valence-corrected chi connectivity index (χ0v) is 12.6. The first kappa shape index (κ1) is 16.3. The molecule has 0 radical (unpaired) electrons. The van der Waals surface area contributed by atoms with Crippen molar-refractivity contribution in [2.24, 2.45) is 0 Å². The Balaban J connectivity index is 2.22. The molecule has 1 aromatic carbocycles. The number of rotatable bonds is 8. The molecule has 0 heterocycles. The highest BCUT2D eigenvalue weighted by Crippen LogP contribution is 2.19. The third-order valence-corrected chi connectivity index (χ3v) is 2.92. The lowest BCUT2D eigenvalue weighted by atomic mass is 10.2. The highest BCUT2D eigenvalue weighted by atomic mass is 16.5. The molecule has 20 heavy (non-hydrogen) atoms. The molecule has 0 saturated heterocycles. The van der Waals surface area contributed by atoms with Gasteiger partial charge in [0.15, 0.2) is 0 Å². The second-order valence-electron chi connectivity index (χ2n) is 5.20. The molecule has 0 fully saturated rings. The first-order valence-electron chi connectivity index (χ1n) is 6.90. The lowest BCUT2D eigenvalue weighted by molar-refractivity contribution is -0.122. The summed E-state index contributed by atoms with van der Waals surface area (Å²) in [5.41, 5.74) is 6.35. The Bertz CT molecular complexity index is 421. The lowest BCUT2D eigenvalue weighted by Gasteiger charge is -2.16. The van der Waals surface area contributed by atoms with E-state index >= 15 is 0 Å². The summed E-state index contributed by atoms with van der Waals surface area (Å²) in [7, 11) is 4.04. The second-order valence-corrected chi connectivity index (χ2v) is 5.20. The van der Waals surface area contributed by atoms with E-state index in [4.69, 9.17) is 10.5 Å². The van der Waals surface area contributed by atoms with Gasteiger partial charge in [-0.2, -0.15) is 0 Å². The number of hydrogen-bond donors (Lipinski definition) is 2. The van der Waals surface area contributed by atoms with E-state index in [0.717, 1.165) is 13.0 Å². The minimum atomic E-state index is 0.00533. The minimum absolute atomic E-state index is 0.00533. The number of anilines is 1. The predicted octanol–water partition coefficient (Wildman–Crippen LogP) is 1.49. The lowest BCUT2D eigenvalue weighted by Crippen LogP contribution is -2.35. The number of hydrogen-bond acceptors (Lipinski definition) is 4. The zero-order valence-electron chi connectivity index (χ0n) is 12.6. The van der Waals surface area contributed by atoms with Crippen LogP contribution in [0.1, 0.15) is 19.8 Å². The van der Waals surface area contributed by atoms with Gasteiger partial charge < -0.3 is 20.7 Å². The van der Waals surface area contributed by atoms with Crippen molar-refractivity contribution in [1.29, 1.82) is 0 Å². The maximum absolute atomic E-state index is 11.7. The van der Waals surface area contributed by atoms with Crippen molar-refractivity contribution in [2.75, 3.05) is 33.0 Å². The Hall–Kier alpha value is -1.75. The van der Waals surface area contributed by atoms with Crippen molar-refractivity contribution in [1.82, 2.24) is 10.2 Å². The molecule has 0 spiro atoms. The van der Waals surface area contributed by atoms with Crippen LogP contribution in [0.4, 0.5) is 5.69 Å². The van der Waals surface area contributed by atoms with Gasteiger partial charge in [-0.1, -0.05) is 12.1 Å². The first-order chi connectivity index (χ1) is 9.49. The Morgan fingerprint density at radius 2 is 2.10 bits per heavy atom. The van der Waals surface area contributed by atoms with Crippen LogP contribution < -0.4 is 15.8 Å². The number of amides is 1. The Labute approximate surface area is 121 Å². The van der Waals surface area contributed by atoms with E-state index in [-0.39, 0.29) is 11.9 Å². The van der Waals surface area contributed by atoms with Gasteiger partial charge in [0, 0.05) is 6.04 Å². The van der Waals surface area contributed by atoms with Gasteiger partial charge in [0.1, 0.15) is 5.75 Å². The van der Waals surface area contributed by atoms with Gasteiger partial charge >= 0.3 is 0 Å².